The summed E-state index contributed by atoms with van der Waals surface area (Å²) in [5, 5.41) is 0. The Balaban J connectivity index is 2.98. The quantitative estimate of drug-likeness (QED) is 0.646. The first-order valence-electron chi connectivity index (χ1n) is 5.27. The first kappa shape index (κ1) is 13.2. The molecular formula is C11H16O3SSi. The van der Waals surface area contributed by atoms with Crippen LogP contribution in [0.5, 0.6) is 0 Å². The van der Waals surface area contributed by atoms with Crippen LogP contribution in [0.2, 0.25) is 6.04 Å². The third-order valence-electron chi connectivity index (χ3n) is 2.24. The van der Waals surface area contributed by atoms with Gasteiger partial charge in [-0.05, 0) is 11.6 Å². The molecule has 0 saturated heterocycles. The van der Waals surface area contributed by atoms with E-state index in [1.165, 1.54) is 0 Å². The molecule has 0 fully saturated rings. The van der Waals surface area contributed by atoms with E-state index in [4.69, 9.17) is 4.55 Å². The van der Waals surface area contributed by atoms with Gasteiger partial charge in [-0.1, -0.05) is 49.7 Å². The van der Waals surface area contributed by atoms with Gasteiger partial charge in [0.15, 0.2) is 0 Å². The van der Waals surface area contributed by atoms with Crippen LogP contribution < -0.4 is 0 Å². The van der Waals surface area contributed by atoms with Crippen molar-refractivity contribution in [3.05, 3.63) is 40.4 Å². The minimum Gasteiger partial charge on any atom is -0.282 e. The van der Waals surface area contributed by atoms with Crippen LogP contribution in [-0.4, -0.2) is 22.5 Å². The van der Waals surface area contributed by atoms with Crippen molar-refractivity contribution < 1.29 is 13.0 Å². The predicted molar refractivity (Wildman–Crippen MR) is 69.6 cm³/mol. The van der Waals surface area contributed by atoms with Gasteiger partial charge < -0.3 is 0 Å². The van der Waals surface area contributed by atoms with Crippen LogP contribution in [0.1, 0.15) is 18.9 Å². The monoisotopic (exact) mass is 256 g/mol. The van der Waals surface area contributed by atoms with E-state index in [1.807, 2.05) is 37.3 Å². The van der Waals surface area contributed by atoms with Crippen LogP contribution in [0.15, 0.2) is 34.9 Å². The molecule has 1 rings (SSSR count). The van der Waals surface area contributed by atoms with Gasteiger partial charge >= 0.3 is 0 Å². The summed E-state index contributed by atoms with van der Waals surface area (Å²) in [5.41, 5.74) is 0.818. The molecule has 0 amide bonds. The number of hydrogen-bond donors (Lipinski definition) is 1. The lowest BCUT2D eigenvalue weighted by Crippen LogP contribution is -2.08. The fourth-order valence-electron chi connectivity index (χ4n) is 1.36. The maximum absolute atomic E-state index is 11.2. The molecule has 3 nitrogen and oxygen atoms in total. The van der Waals surface area contributed by atoms with E-state index in [0.717, 1.165) is 18.0 Å². The Labute approximate surface area is 98.8 Å². The zero-order valence-corrected chi connectivity index (χ0v) is 11.5. The van der Waals surface area contributed by atoms with Crippen molar-refractivity contribution in [3.63, 3.8) is 0 Å². The van der Waals surface area contributed by atoms with Crippen LogP contribution in [-0.2, 0) is 10.1 Å². The van der Waals surface area contributed by atoms with Crippen molar-refractivity contribution in [1.82, 2.24) is 0 Å². The molecule has 88 valence electrons. The van der Waals surface area contributed by atoms with Gasteiger partial charge in [-0.25, -0.2) is 0 Å². The molecule has 0 unspecified atom stereocenters. The minimum absolute atomic E-state index is 0.223. The van der Waals surface area contributed by atoms with Crippen LogP contribution in [0.3, 0.4) is 0 Å². The van der Waals surface area contributed by atoms with Crippen molar-refractivity contribution in [2.45, 2.75) is 19.4 Å². The molecule has 0 aliphatic heterocycles. The van der Waals surface area contributed by atoms with E-state index in [-0.39, 0.29) is 4.53 Å². The molecule has 0 aromatic heterocycles. The van der Waals surface area contributed by atoms with Gasteiger partial charge in [-0.15, -0.1) is 0 Å². The number of hydrogen-bond acceptors (Lipinski definition) is 2. The Morgan fingerprint density at radius 2 is 2.00 bits per heavy atom. The average molecular weight is 256 g/mol. The van der Waals surface area contributed by atoms with Gasteiger partial charge in [-0.3, -0.25) is 4.55 Å². The van der Waals surface area contributed by atoms with Gasteiger partial charge in [-0.2, -0.15) is 8.42 Å². The zero-order valence-electron chi connectivity index (χ0n) is 9.26. The summed E-state index contributed by atoms with van der Waals surface area (Å²) >= 11 is 0. The van der Waals surface area contributed by atoms with E-state index < -0.39 is 19.6 Å². The second-order valence-electron chi connectivity index (χ2n) is 3.60. The Kier molecular flexibility index (Phi) is 4.92. The lowest BCUT2D eigenvalue weighted by molar-refractivity contribution is 0.493. The lowest BCUT2D eigenvalue weighted by atomic mass is 10.2. The molecule has 0 spiro atoms. The second kappa shape index (κ2) is 5.98. The highest BCUT2D eigenvalue weighted by Gasteiger charge is 2.13. The van der Waals surface area contributed by atoms with Gasteiger partial charge in [0.05, 0.1) is 9.52 Å². The second-order valence-corrected chi connectivity index (χ2v) is 7.56. The Bertz CT molecular complexity index is 451. The number of benzene rings is 1. The van der Waals surface area contributed by atoms with Crippen molar-refractivity contribution in [2.24, 2.45) is 0 Å². The highest BCUT2D eigenvalue weighted by molar-refractivity contribution is 7.91. The zero-order chi connectivity index (χ0) is 12.0. The molecule has 0 radical (unpaired) electrons. The molecule has 0 aliphatic rings. The molecule has 0 bridgehead atoms. The summed E-state index contributed by atoms with van der Waals surface area (Å²) in [5.74, 6) is 0. The first-order valence-corrected chi connectivity index (χ1v) is 8.42. The third-order valence-corrected chi connectivity index (χ3v) is 6.48. The van der Waals surface area contributed by atoms with E-state index in [0.29, 0.717) is 0 Å². The lowest BCUT2D eigenvalue weighted by Gasteiger charge is -2.02. The summed E-state index contributed by atoms with van der Waals surface area (Å²) in [7, 11) is -4.91. The summed E-state index contributed by atoms with van der Waals surface area (Å²) in [6.45, 7) is 2.01. The van der Waals surface area contributed by atoms with Gasteiger partial charge in [0.2, 0.25) is 0 Å². The Morgan fingerprint density at radius 3 is 2.50 bits per heavy atom. The molecular weight excluding hydrogens is 240 g/mol. The van der Waals surface area contributed by atoms with Crippen molar-refractivity contribution in [2.75, 3.05) is 0 Å². The number of rotatable bonds is 5. The third kappa shape index (κ3) is 4.30. The maximum atomic E-state index is 11.2. The summed E-state index contributed by atoms with van der Waals surface area (Å²) in [6, 6.07) is 10.1. The molecule has 0 atom stereocenters. The Hall–Kier alpha value is -0.913. The molecule has 1 N–H and O–H groups in total. The summed E-state index contributed by atoms with van der Waals surface area (Å²) in [6.07, 6.45) is 2.53. The summed E-state index contributed by atoms with van der Waals surface area (Å²) < 4.78 is 31.7. The molecule has 1 aromatic carbocycles. The van der Waals surface area contributed by atoms with Crippen LogP contribution in [0.25, 0.3) is 6.08 Å². The van der Waals surface area contributed by atoms with Gasteiger partial charge in [0.25, 0.3) is 10.1 Å². The summed E-state index contributed by atoms with van der Waals surface area (Å²) in [4.78, 5) is 0. The average Bonchev–Trinajstić information content (AvgIpc) is 2.24. The van der Waals surface area contributed by atoms with Crippen molar-refractivity contribution in [3.8, 4) is 0 Å². The SMILES string of the molecule is CCC[SiH2]C(=Cc1ccccc1)S(=O)(=O)O. The first-order chi connectivity index (χ1) is 7.54. The van der Waals surface area contributed by atoms with Crippen LogP contribution in [0, 0.1) is 0 Å². The minimum atomic E-state index is -4.01. The van der Waals surface area contributed by atoms with E-state index in [2.05, 4.69) is 0 Å². The van der Waals surface area contributed by atoms with E-state index in [1.54, 1.807) is 6.08 Å². The topological polar surface area (TPSA) is 54.4 Å². The van der Waals surface area contributed by atoms with Crippen molar-refractivity contribution in [1.29, 1.82) is 0 Å². The van der Waals surface area contributed by atoms with Crippen LogP contribution >= 0.6 is 0 Å². The highest BCUT2D eigenvalue weighted by atomic mass is 32.2. The molecule has 0 aliphatic carbocycles. The van der Waals surface area contributed by atoms with Gasteiger partial charge in [0.1, 0.15) is 0 Å². The van der Waals surface area contributed by atoms with Crippen molar-refractivity contribution >= 4 is 25.7 Å². The molecule has 0 heterocycles. The molecule has 0 saturated carbocycles. The van der Waals surface area contributed by atoms with Crippen LogP contribution in [0.4, 0.5) is 0 Å². The molecule has 5 heteroatoms. The fraction of sp³-hybridized carbons (Fsp3) is 0.273. The van der Waals surface area contributed by atoms with Gasteiger partial charge in [0, 0.05) is 4.53 Å². The molecule has 1 aromatic rings. The largest absolute Gasteiger partial charge is 0.286 e. The normalized spacial score (nSPS) is 13.5. The van der Waals surface area contributed by atoms with E-state index >= 15 is 0 Å². The predicted octanol–water partition coefficient (Wildman–Crippen LogP) is 1.87. The standard InChI is InChI=1S/C11H16O3SSi/c1-2-8-16-11(15(12,13)14)9-10-6-4-3-5-7-10/h3-7,9H,2,8,16H2,1H3,(H,12,13,14). The Morgan fingerprint density at radius 1 is 1.38 bits per heavy atom. The van der Waals surface area contributed by atoms with E-state index in [9.17, 15) is 8.42 Å². The molecule has 16 heavy (non-hydrogen) atoms. The smallest absolute Gasteiger partial charge is 0.282 e. The maximum Gasteiger partial charge on any atom is 0.286 e. The highest BCUT2D eigenvalue weighted by Crippen LogP contribution is 2.12. The fourth-order valence-corrected chi connectivity index (χ4v) is 4.19.